The van der Waals surface area contributed by atoms with Gasteiger partial charge in [0, 0.05) is 17.6 Å². The van der Waals surface area contributed by atoms with Crippen molar-refractivity contribution in [3.05, 3.63) is 34.9 Å². The third-order valence-electron chi connectivity index (χ3n) is 3.64. The van der Waals surface area contributed by atoms with E-state index in [2.05, 4.69) is 5.32 Å². The Hall–Kier alpha value is -0.690. The Morgan fingerprint density at radius 3 is 2.35 bits per heavy atom. The molecule has 1 fully saturated rings. The second-order valence-electron chi connectivity index (χ2n) is 5.06. The molecule has 0 amide bonds. The first-order valence-electron chi connectivity index (χ1n) is 6.64. The Morgan fingerprint density at radius 1 is 1.20 bits per heavy atom. The average molecular weight is 302 g/mol. The minimum atomic E-state index is -1.04. The van der Waals surface area contributed by atoms with Crippen molar-refractivity contribution < 1.29 is 20.1 Å². The monoisotopic (exact) mass is 301 g/mol. The van der Waals surface area contributed by atoms with Crippen LogP contribution in [0.2, 0.25) is 5.02 Å². The molecule has 1 aliphatic heterocycles. The number of ether oxygens (including phenoxy) is 1. The molecule has 0 aromatic heterocycles. The average Bonchev–Trinajstić information content (AvgIpc) is 2.73. The predicted molar refractivity (Wildman–Crippen MR) is 75.6 cm³/mol. The van der Waals surface area contributed by atoms with E-state index in [1.807, 2.05) is 31.2 Å². The predicted octanol–water partition coefficient (Wildman–Crippen LogP) is 0.472. The van der Waals surface area contributed by atoms with Gasteiger partial charge in [0.25, 0.3) is 0 Å². The van der Waals surface area contributed by atoms with Crippen LogP contribution in [-0.2, 0) is 4.74 Å². The van der Waals surface area contributed by atoms with Crippen molar-refractivity contribution in [2.75, 3.05) is 13.2 Å². The molecule has 0 unspecified atom stereocenters. The fourth-order valence-electron chi connectivity index (χ4n) is 2.31. The van der Waals surface area contributed by atoms with Gasteiger partial charge in [-0.1, -0.05) is 23.7 Å². The molecular formula is C14H20ClNO4. The van der Waals surface area contributed by atoms with E-state index in [4.69, 9.17) is 21.4 Å². The molecule has 0 spiro atoms. The summed E-state index contributed by atoms with van der Waals surface area (Å²) in [4.78, 5) is 0. The molecule has 0 radical (unpaired) electrons. The molecule has 0 bridgehead atoms. The molecule has 1 saturated heterocycles. The number of halogens is 1. The first-order chi connectivity index (χ1) is 9.52. The van der Waals surface area contributed by atoms with Crippen LogP contribution in [0.3, 0.4) is 0 Å². The van der Waals surface area contributed by atoms with Gasteiger partial charge in [-0.3, -0.25) is 0 Å². The van der Waals surface area contributed by atoms with Gasteiger partial charge in [0.05, 0.1) is 12.7 Å². The maximum absolute atomic E-state index is 9.84. The number of nitrogens with one attached hydrogen (secondary N) is 1. The normalized spacial score (nSPS) is 31.4. The molecule has 0 aliphatic carbocycles. The van der Waals surface area contributed by atoms with Crippen molar-refractivity contribution in [1.29, 1.82) is 0 Å². The largest absolute Gasteiger partial charge is 0.394 e. The lowest BCUT2D eigenvalue weighted by molar-refractivity contribution is -0.0218. The second kappa shape index (κ2) is 6.85. The van der Waals surface area contributed by atoms with Gasteiger partial charge >= 0.3 is 0 Å². The molecule has 20 heavy (non-hydrogen) atoms. The zero-order valence-corrected chi connectivity index (χ0v) is 12.0. The fourth-order valence-corrected chi connectivity index (χ4v) is 2.43. The molecule has 1 aromatic carbocycles. The SMILES string of the molecule is C[C@H](NC[C@H]1O[C@H](CO)[C@@H](O)[C@@H]1O)c1ccc(Cl)cc1. The lowest BCUT2D eigenvalue weighted by Gasteiger charge is -2.19. The summed E-state index contributed by atoms with van der Waals surface area (Å²) in [5, 5.41) is 32.4. The van der Waals surface area contributed by atoms with Crippen molar-refractivity contribution in [2.24, 2.45) is 0 Å². The molecule has 4 N–H and O–H groups in total. The standard InChI is InChI=1S/C14H20ClNO4/c1-8(9-2-4-10(15)5-3-9)16-6-11-13(18)14(19)12(7-17)20-11/h2-5,8,11-14,16-19H,6-7H2,1H3/t8-,11+,12+,13+,14+/m0/s1. The molecule has 1 aliphatic rings. The highest BCUT2D eigenvalue weighted by Gasteiger charge is 2.41. The second-order valence-corrected chi connectivity index (χ2v) is 5.49. The highest BCUT2D eigenvalue weighted by atomic mass is 35.5. The van der Waals surface area contributed by atoms with Crippen molar-refractivity contribution >= 4 is 11.6 Å². The quantitative estimate of drug-likeness (QED) is 0.636. The van der Waals surface area contributed by atoms with Crippen LogP contribution in [0.15, 0.2) is 24.3 Å². The van der Waals surface area contributed by atoms with Crippen LogP contribution in [0.25, 0.3) is 0 Å². The first-order valence-corrected chi connectivity index (χ1v) is 7.02. The molecule has 5 nitrogen and oxygen atoms in total. The molecule has 112 valence electrons. The van der Waals surface area contributed by atoms with Gasteiger partial charge in [-0.2, -0.15) is 0 Å². The van der Waals surface area contributed by atoms with E-state index in [1.165, 1.54) is 0 Å². The summed E-state index contributed by atoms with van der Waals surface area (Å²) in [5.74, 6) is 0. The molecule has 0 saturated carbocycles. The summed E-state index contributed by atoms with van der Waals surface area (Å²) in [6.45, 7) is 2.07. The van der Waals surface area contributed by atoms with Gasteiger partial charge in [0.15, 0.2) is 0 Å². The maximum atomic E-state index is 9.84. The van der Waals surface area contributed by atoms with Gasteiger partial charge < -0.3 is 25.4 Å². The van der Waals surface area contributed by atoms with Crippen LogP contribution in [0, 0.1) is 0 Å². The Kier molecular flexibility index (Phi) is 5.37. The molecule has 5 atom stereocenters. The maximum Gasteiger partial charge on any atom is 0.111 e. The van der Waals surface area contributed by atoms with E-state index < -0.39 is 24.4 Å². The van der Waals surface area contributed by atoms with Gasteiger partial charge in [0.1, 0.15) is 18.3 Å². The number of rotatable bonds is 5. The number of aliphatic hydroxyl groups excluding tert-OH is 3. The summed E-state index contributed by atoms with van der Waals surface area (Å²) in [7, 11) is 0. The third kappa shape index (κ3) is 3.49. The van der Waals surface area contributed by atoms with Crippen LogP contribution in [0.1, 0.15) is 18.5 Å². The van der Waals surface area contributed by atoms with Crippen LogP contribution >= 0.6 is 11.6 Å². The van der Waals surface area contributed by atoms with E-state index in [-0.39, 0.29) is 12.6 Å². The van der Waals surface area contributed by atoms with Crippen LogP contribution in [-0.4, -0.2) is 52.9 Å². The Bertz CT molecular complexity index is 428. The van der Waals surface area contributed by atoms with Gasteiger partial charge in [-0.05, 0) is 24.6 Å². The van der Waals surface area contributed by atoms with E-state index in [0.29, 0.717) is 11.6 Å². The lowest BCUT2D eigenvalue weighted by Crippen LogP contribution is -2.38. The van der Waals surface area contributed by atoms with Crippen LogP contribution in [0.4, 0.5) is 0 Å². The highest BCUT2D eigenvalue weighted by Crippen LogP contribution is 2.22. The van der Waals surface area contributed by atoms with E-state index >= 15 is 0 Å². The Balaban J connectivity index is 1.87. The van der Waals surface area contributed by atoms with Crippen LogP contribution in [0.5, 0.6) is 0 Å². The van der Waals surface area contributed by atoms with Crippen molar-refractivity contribution in [3.63, 3.8) is 0 Å². The van der Waals surface area contributed by atoms with E-state index in [0.717, 1.165) is 5.56 Å². The number of benzene rings is 1. The van der Waals surface area contributed by atoms with Gasteiger partial charge in [-0.15, -0.1) is 0 Å². The summed E-state index contributed by atoms with van der Waals surface area (Å²) in [5.41, 5.74) is 1.07. The summed E-state index contributed by atoms with van der Waals surface area (Å²) in [6.07, 6.45) is -3.28. The molecule has 6 heteroatoms. The number of aliphatic hydroxyl groups is 3. The zero-order chi connectivity index (χ0) is 14.7. The minimum absolute atomic E-state index is 0.0633. The fraction of sp³-hybridized carbons (Fsp3) is 0.571. The Labute approximate surface area is 123 Å². The topological polar surface area (TPSA) is 82.0 Å². The minimum Gasteiger partial charge on any atom is -0.394 e. The van der Waals surface area contributed by atoms with Crippen molar-refractivity contribution in [3.8, 4) is 0 Å². The summed E-state index contributed by atoms with van der Waals surface area (Å²) >= 11 is 5.84. The van der Waals surface area contributed by atoms with Gasteiger partial charge in [-0.25, -0.2) is 0 Å². The molecule has 2 rings (SSSR count). The summed E-state index contributed by atoms with van der Waals surface area (Å²) < 4.78 is 5.41. The number of hydrogen-bond donors (Lipinski definition) is 4. The Morgan fingerprint density at radius 2 is 1.80 bits per heavy atom. The third-order valence-corrected chi connectivity index (χ3v) is 3.89. The van der Waals surface area contributed by atoms with E-state index in [9.17, 15) is 10.2 Å². The highest BCUT2D eigenvalue weighted by molar-refractivity contribution is 6.30. The van der Waals surface area contributed by atoms with Crippen molar-refractivity contribution in [2.45, 2.75) is 37.4 Å². The molecule has 1 aromatic rings. The van der Waals surface area contributed by atoms with Crippen LogP contribution < -0.4 is 5.32 Å². The van der Waals surface area contributed by atoms with E-state index in [1.54, 1.807) is 0 Å². The summed E-state index contributed by atoms with van der Waals surface area (Å²) in [6, 6.07) is 7.56. The van der Waals surface area contributed by atoms with Crippen molar-refractivity contribution in [1.82, 2.24) is 5.32 Å². The molecular weight excluding hydrogens is 282 g/mol. The zero-order valence-electron chi connectivity index (χ0n) is 11.2. The smallest absolute Gasteiger partial charge is 0.111 e. The first kappa shape index (κ1) is 15.7. The molecule has 1 heterocycles. The lowest BCUT2D eigenvalue weighted by atomic mass is 10.1. The van der Waals surface area contributed by atoms with Gasteiger partial charge in [0.2, 0.25) is 0 Å². The number of hydrogen-bond acceptors (Lipinski definition) is 5.